The zero-order chi connectivity index (χ0) is 12.7. The first-order valence-electron chi connectivity index (χ1n) is 6.20. The standard InChI is InChI=1S/C12H15N3O3/c16-11(9-4-13-6-14-9)15-5-7-2-1-3-8(7)10(15)12(17)18/h4,6-8,10H,1-3,5H2,(H,13,14)(H,17,18). The zero-order valence-corrected chi connectivity index (χ0v) is 9.87. The van der Waals surface area contributed by atoms with E-state index in [0.717, 1.165) is 19.3 Å². The van der Waals surface area contributed by atoms with Crippen molar-refractivity contribution in [2.45, 2.75) is 25.3 Å². The zero-order valence-electron chi connectivity index (χ0n) is 9.87. The monoisotopic (exact) mass is 249 g/mol. The highest BCUT2D eigenvalue weighted by Gasteiger charge is 2.49. The number of amides is 1. The third kappa shape index (κ3) is 1.60. The number of hydrogen-bond acceptors (Lipinski definition) is 3. The molecule has 1 saturated carbocycles. The maximum absolute atomic E-state index is 12.2. The molecule has 2 aliphatic rings. The van der Waals surface area contributed by atoms with Crippen molar-refractivity contribution in [1.82, 2.24) is 14.9 Å². The summed E-state index contributed by atoms with van der Waals surface area (Å²) in [5, 5.41) is 9.36. The molecule has 3 unspecified atom stereocenters. The molecule has 0 radical (unpaired) electrons. The summed E-state index contributed by atoms with van der Waals surface area (Å²) in [7, 11) is 0. The fraction of sp³-hybridized carbons (Fsp3) is 0.583. The highest BCUT2D eigenvalue weighted by atomic mass is 16.4. The van der Waals surface area contributed by atoms with Gasteiger partial charge in [0.2, 0.25) is 0 Å². The predicted molar refractivity (Wildman–Crippen MR) is 61.9 cm³/mol. The van der Waals surface area contributed by atoms with Crippen molar-refractivity contribution in [3.8, 4) is 0 Å². The molecule has 6 heteroatoms. The predicted octanol–water partition coefficient (Wildman–Crippen LogP) is 0.735. The molecule has 6 nitrogen and oxygen atoms in total. The van der Waals surface area contributed by atoms with Crippen LogP contribution in [0.1, 0.15) is 29.8 Å². The Labute approximate surface area is 104 Å². The van der Waals surface area contributed by atoms with Gasteiger partial charge in [0, 0.05) is 6.54 Å². The number of carbonyl (C=O) groups excluding carboxylic acids is 1. The van der Waals surface area contributed by atoms with Gasteiger partial charge in [-0.2, -0.15) is 0 Å². The van der Waals surface area contributed by atoms with Crippen LogP contribution in [0.2, 0.25) is 0 Å². The largest absolute Gasteiger partial charge is 0.480 e. The van der Waals surface area contributed by atoms with Crippen LogP contribution in [0.15, 0.2) is 12.5 Å². The van der Waals surface area contributed by atoms with Crippen molar-refractivity contribution in [3.63, 3.8) is 0 Å². The second kappa shape index (κ2) is 4.12. The molecule has 2 heterocycles. The van der Waals surface area contributed by atoms with Crippen molar-refractivity contribution in [2.75, 3.05) is 6.54 Å². The lowest BCUT2D eigenvalue weighted by Gasteiger charge is -2.23. The smallest absolute Gasteiger partial charge is 0.326 e. The Bertz CT molecular complexity index is 471. The molecule has 3 atom stereocenters. The number of H-pyrrole nitrogens is 1. The van der Waals surface area contributed by atoms with Crippen LogP contribution in [-0.4, -0.2) is 44.4 Å². The van der Waals surface area contributed by atoms with Gasteiger partial charge in [-0.1, -0.05) is 6.42 Å². The minimum absolute atomic E-state index is 0.120. The minimum atomic E-state index is -0.891. The van der Waals surface area contributed by atoms with Gasteiger partial charge in [0.1, 0.15) is 11.7 Å². The number of aromatic amines is 1. The van der Waals surface area contributed by atoms with Crippen molar-refractivity contribution < 1.29 is 14.7 Å². The fourth-order valence-corrected chi connectivity index (χ4v) is 3.36. The van der Waals surface area contributed by atoms with Gasteiger partial charge in [-0.25, -0.2) is 9.78 Å². The van der Waals surface area contributed by atoms with Crippen LogP contribution < -0.4 is 0 Å². The molecular weight excluding hydrogens is 234 g/mol. The van der Waals surface area contributed by atoms with Gasteiger partial charge in [-0.3, -0.25) is 4.79 Å². The van der Waals surface area contributed by atoms with E-state index in [4.69, 9.17) is 0 Å². The van der Waals surface area contributed by atoms with E-state index in [1.54, 1.807) is 0 Å². The summed E-state index contributed by atoms with van der Waals surface area (Å²) < 4.78 is 0. The second-order valence-electron chi connectivity index (χ2n) is 5.06. The molecule has 0 bridgehead atoms. The molecule has 1 amide bonds. The maximum Gasteiger partial charge on any atom is 0.326 e. The Morgan fingerprint density at radius 1 is 1.44 bits per heavy atom. The first kappa shape index (κ1) is 11.3. The Hall–Kier alpha value is -1.85. The number of aromatic nitrogens is 2. The van der Waals surface area contributed by atoms with E-state index in [2.05, 4.69) is 9.97 Å². The lowest BCUT2D eigenvalue weighted by molar-refractivity contribution is -0.142. The molecule has 1 aliphatic carbocycles. The molecule has 0 aromatic carbocycles. The van der Waals surface area contributed by atoms with E-state index in [1.165, 1.54) is 17.4 Å². The highest BCUT2D eigenvalue weighted by molar-refractivity contribution is 5.95. The Morgan fingerprint density at radius 3 is 2.94 bits per heavy atom. The molecule has 1 aromatic rings. The van der Waals surface area contributed by atoms with Crippen molar-refractivity contribution in [1.29, 1.82) is 0 Å². The molecule has 1 aromatic heterocycles. The summed E-state index contributed by atoms with van der Waals surface area (Å²) in [6.07, 6.45) is 5.88. The van der Waals surface area contributed by atoms with Crippen LogP contribution in [0, 0.1) is 11.8 Å². The average molecular weight is 249 g/mol. The Morgan fingerprint density at radius 2 is 2.28 bits per heavy atom. The quantitative estimate of drug-likeness (QED) is 0.809. The molecule has 96 valence electrons. The number of carboxylic acids is 1. The first-order chi connectivity index (χ1) is 8.68. The van der Waals surface area contributed by atoms with Gasteiger partial charge < -0.3 is 15.0 Å². The van der Waals surface area contributed by atoms with Gasteiger partial charge in [-0.15, -0.1) is 0 Å². The van der Waals surface area contributed by atoms with Crippen LogP contribution in [0.4, 0.5) is 0 Å². The van der Waals surface area contributed by atoms with Gasteiger partial charge in [0.25, 0.3) is 5.91 Å². The van der Waals surface area contributed by atoms with Crippen LogP contribution in [0.5, 0.6) is 0 Å². The molecule has 1 aliphatic heterocycles. The SMILES string of the molecule is O=C(O)C1C2CCCC2CN1C(=O)c1cnc[nH]1. The summed E-state index contributed by atoms with van der Waals surface area (Å²) in [6, 6.07) is -0.673. The van der Waals surface area contributed by atoms with E-state index in [0.29, 0.717) is 18.2 Å². The number of aliphatic carboxylic acids is 1. The molecule has 2 fully saturated rings. The lowest BCUT2D eigenvalue weighted by Crippen LogP contribution is -2.43. The maximum atomic E-state index is 12.2. The average Bonchev–Trinajstić information content (AvgIpc) is 3.03. The third-order valence-corrected chi connectivity index (χ3v) is 4.13. The van der Waals surface area contributed by atoms with Crippen LogP contribution in [-0.2, 0) is 4.79 Å². The molecule has 1 saturated heterocycles. The Balaban J connectivity index is 1.87. The Kier molecular flexibility index (Phi) is 2.57. The van der Waals surface area contributed by atoms with E-state index in [-0.39, 0.29) is 11.8 Å². The number of hydrogen-bond donors (Lipinski definition) is 2. The molecule has 3 rings (SSSR count). The van der Waals surface area contributed by atoms with E-state index in [1.807, 2.05) is 0 Å². The van der Waals surface area contributed by atoms with Gasteiger partial charge in [0.15, 0.2) is 0 Å². The number of rotatable bonds is 2. The molecule has 18 heavy (non-hydrogen) atoms. The van der Waals surface area contributed by atoms with Crippen LogP contribution in [0.3, 0.4) is 0 Å². The van der Waals surface area contributed by atoms with Gasteiger partial charge >= 0.3 is 5.97 Å². The summed E-state index contributed by atoms with van der Waals surface area (Å²) in [5.41, 5.74) is 0.362. The summed E-state index contributed by atoms with van der Waals surface area (Å²) in [4.78, 5) is 31.7. The molecular formula is C12H15N3O3. The number of nitrogens with zero attached hydrogens (tertiary/aromatic N) is 2. The van der Waals surface area contributed by atoms with Crippen molar-refractivity contribution >= 4 is 11.9 Å². The van der Waals surface area contributed by atoms with E-state index in [9.17, 15) is 14.7 Å². The fourth-order valence-electron chi connectivity index (χ4n) is 3.36. The number of carboxylic acid groups (broad SMARTS) is 1. The number of fused-ring (bicyclic) bond motifs is 1. The number of likely N-dealkylation sites (tertiary alicyclic amines) is 1. The van der Waals surface area contributed by atoms with Crippen molar-refractivity contribution in [3.05, 3.63) is 18.2 Å². The lowest BCUT2D eigenvalue weighted by atomic mass is 9.94. The topological polar surface area (TPSA) is 86.3 Å². The van der Waals surface area contributed by atoms with Gasteiger partial charge in [0.05, 0.1) is 12.5 Å². The highest BCUT2D eigenvalue weighted by Crippen LogP contribution is 2.42. The summed E-state index contributed by atoms with van der Waals surface area (Å²) in [5.74, 6) is -0.682. The van der Waals surface area contributed by atoms with Crippen LogP contribution >= 0.6 is 0 Å². The first-order valence-corrected chi connectivity index (χ1v) is 6.20. The third-order valence-electron chi connectivity index (χ3n) is 4.13. The minimum Gasteiger partial charge on any atom is -0.480 e. The van der Waals surface area contributed by atoms with Gasteiger partial charge in [-0.05, 0) is 24.7 Å². The summed E-state index contributed by atoms with van der Waals surface area (Å²) >= 11 is 0. The van der Waals surface area contributed by atoms with E-state index >= 15 is 0 Å². The number of imidazole rings is 1. The molecule has 0 spiro atoms. The normalized spacial score (nSPS) is 30.4. The van der Waals surface area contributed by atoms with Crippen molar-refractivity contribution in [2.24, 2.45) is 11.8 Å². The van der Waals surface area contributed by atoms with Crippen LogP contribution in [0.25, 0.3) is 0 Å². The van der Waals surface area contributed by atoms with E-state index < -0.39 is 12.0 Å². The second-order valence-corrected chi connectivity index (χ2v) is 5.06. The number of carbonyl (C=O) groups is 2. The molecule has 2 N–H and O–H groups in total. The number of nitrogens with one attached hydrogen (secondary N) is 1. The summed E-state index contributed by atoms with van der Waals surface area (Å²) in [6.45, 7) is 0.555.